The Morgan fingerprint density at radius 3 is 2.06 bits per heavy atom. The molecule has 0 spiro atoms. The average Bonchev–Trinajstić information content (AvgIpc) is 2.23. The molecule has 1 heterocycles. The molecule has 2 atom stereocenters. The van der Waals surface area contributed by atoms with Crippen molar-refractivity contribution in [2.45, 2.75) is 72.6 Å². The number of hydrogen-bond donors (Lipinski definition) is 0. The Hall–Kier alpha value is -0.0800. The highest BCUT2D eigenvalue weighted by atomic mass is 16.5. The lowest BCUT2D eigenvalue weighted by Gasteiger charge is -2.48. The molecule has 0 saturated carbocycles. The summed E-state index contributed by atoms with van der Waals surface area (Å²) >= 11 is 0. The van der Waals surface area contributed by atoms with Gasteiger partial charge in [0.1, 0.15) is 0 Å². The fourth-order valence-electron chi connectivity index (χ4n) is 2.91. The van der Waals surface area contributed by atoms with E-state index in [1.807, 2.05) is 0 Å². The minimum Gasteiger partial charge on any atom is -0.377 e. The minimum absolute atomic E-state index is 0.222. The zero-order valence-corrected chi connectivity index (χ0v) is 12.1. The highest BCUT2D eigenvalue weighted by molar-refractivity contribution is 4.94. The van der Waals surface area contributed by atoms with E-state index in [1.165, 1.54) is 0 Å². The molecule has 0 aromatic heterocycles. The molecule has 2 nitrogen and oxygen atoms in total. The van der Waals surface area contributed by atoms with Gasteiger partial charge >= 0.3 is 0 Å². The topological polar surface area (TPSA) is 12.5 Å². The molecule has 1 aliphatic heterocycles. The summed E-state index contributed by atoms with van der Waals surface area (Å²) in [5.74, 6) is 0. The standard InChI is InChI=1S/C14H29NO/c1-11-12(13(2,3)4)15(14(5,6)7)9-8-10-16-11/h11-12H,8-10H2,1-7H3/t11?,12-/m1/s1. The summed E-state index contributed by atoms with van der Waals surface area (Å²) in [6.07, 6.45) is 1.47. The molecule has 16 heavy (non-hydrogen) atoms. The molecular formula is C14H29NO. The van der Waals surface area contributed by atoms with Gasteiger partial charge in [0.05, 0.1) is 6.10 Å². The van der Waals surface area contributed by atoms with Gasteiger partial charge < -0.3 is 4.74 Å². The van der Waals surface area contributed by atoms with E-state index >= 15 is 0 Å². The molecule has 1 fully saturated rings. The highest BCUT2D eigenvalue weighted by Gasteiger charge is 2.40. The molecule has 0 amide bonds. The summed E-state index contributed by atoms with van der Waals surface area (Å²) in [7, 11) is 0. The van der Waals surface area contributed by atoms with E-state index in [2.05, 4.69) is 53.4 Å². The first-order valence-electron chi connectivity index (χ1n) is 6.52. The Kier molecular flexibility index (Phi) is 4.07. The first-order chi connectivity index (χ1) is 7.14. The molecule has 0 aliphatic carbocycles. The van der Waals surface area contributed by atoms with Crippen molar-refractivity contribution < 1.29 is 4.74 Å². The van der Waals surface area contributed by atoms with Gasteiger partial charge in [-0.2, -0.15) is 0 Å². The molecule has 1 unspecified atom stereocenters. The lowest BCUT2D eigenvalue weighted by Crippen LogP contribution is -2.57. The van der Waals surface area contributed by atoms with Crippen LogP contribution >= 0.6 is 0 Å². The predicted molar refractivity (Wildman–Crippen MR) is 69.7 cm³/mol. The molecule has 1 rings (SSSR count). The fourth-order valence-corrected chi connectivity index (χ4v) is 2.91. The third-order valence-electron chi connectivity index (χ3n) is 3.45. The van der Waals surface area contributed by atoms with Gasteiger partial charge in [0, 0.05) is 24.7 Å². The normalized spacial score (nSPS) is 30.2. The monoisotopic (exact) mass is 227 g/mol. The summed E-state index contributed by atoms with van der Waals surface area (Å²) < 4.78 is 5.93. The number of hydrogen-bond acceptors (Lipinski definition) is 2. The van der Waals surface area contributed by atoms with Gasteiger partial charge in [-0.05, 0) is 39.5 Å². The molecular weight excluding hydrogens is 198 g/mol. The van der Waals surface area contributed by atoms with Crippen molar-refractivity contribution in [3.8, 4) is 0 Å². The predicted octanol–water partition coefficient (Wildman–Crippen LogP) is 3.31. The van der Waals surface area contributed by atoms with Crippen molar-refractivity contribution >= 4 is 0 Å². The van der Waals surface area contributed by atoms with Gasteiger partial charge in [-0.3, -0.25) is 4.90 Å². The van der Waals surface area contributed by atoms with Crippen molar-refractivity contribution in [2.75, 3.05) is 13.2 Å². The van der Waals surface area contributed by atoms with Crippen LogP contribution in [0.5, 0.6) is 0 Å². The molecule has 1 aliphatic rings. The van der Waals surface area contributed by atoms with Crippen molar-refractivity contribution in [1.82, 2.24) is 4.90 Å². The largest absolute Gasteiger partial charge is 0.377 e. The highest BCUT2D eigenvalue weighted by Crippen LogP contribution is 2.34. The summed E-state index contributed by atoms with van der Waals surface area (Å²) in [6, 6.07) is 0.495. The Balaban J connectivity index is 3.00. The maximum Gasteiger partial charge on any atom is 0.0707 e. The van der Waals surface area contributed by atoms with E-state index in [4.69, 9.17) is 4.74 Å². The molecule has 0 aromatic carbocycles. The van der Waals surface area contributed by atoms with Crippen LogP contribution in [0.25, 0.3) is 0 Å². The molecule has 96 valence electrons. The lowest BCUT2D eigenvalue weighted by molar-refractivity contribution is -0.0470. The van der Waals surface area contributed by atoms with Gasteiger partial charge in [-0.1, -0.05) is 20.8 Å². The Bertz CT molecular complexity index is 224. The molecule has 0 aromatic rings. The van der Waals surface area contributed by atoms with Gasteiger partial charge in [0.2, 0.25) is 0 Å². The van der Waals surface area contributed by atoms with E-state index in [1.54, 1.807) is 0 Å². The minimum atomic E-state index is 0.222. The van der Waals surface area contributed by atoms with Gasteiger partial charge in [-0.15, -0.1) is 0 Å². The first kappa shape index (κ1) is 14.0. The van der Waals surface area contributed by atoms with Gasteiger partial charge in [0.25, 0.3) is 0 Å². The van der Waals surface area contributed by atoms with E-state index in [0.717, 1.165) is 19.6 Å². The van der Waals surface area contributed by atoms with Crippen LogP contribution in [0.2, 0.25) is 0 Å². The van der Waals surface area contributed by atoms with Crippen LogP contribution < -0.4 is 0 Å². The van der Waals surface area contributed by atoms with E-state index in [0.29, 0.717) is 12.1 Å². The summed E-state index contributed by atoms with van der Waals surface area (Å²) in [4.78, 5) is 2.63. The fraction of sp³-hybridized carbons (Fsp3) is 1.00. The Morgan fingerprint density at radius 2 is 1.62 bits per heavy atom. The van der Waals surface area contributed by atoms with Gasteiger partial charge in [0.15, 0.2) is 0 Å². The quantitative estimate of drug-likeness (QED) is 0.629. The third kappa shape index (κ3) is 3.21. The van der Waals surface area contributed by atoms with Crippen LogP contribution in [0.15, 0.2) is 0 Å². The molecule has 0 bridgehead atoms. The maximum atomic E-state index is 5.93. The van der Waals surface area contributed by atoms with Gasteiger partial charge in [-0.25, -0.2) is 0 Å². The van der Waals surface area contributed by atoms with Crippen molar-refractivity contribution in [3.63, 3.8) is 0 Å². The smallest absolute Gasteiger partial charge is 0.0707 e. The molecule has 0 N–H and O–H groups in total. The maximum absolute atomic E-state index is 5.93. The van der Waals surface area contributed by atoms with Crippen LogP contribution in [0.4, 0.5) is 0 Å². The molecule has 2 heteroatoms. The number of rotatable bonds is 0. The van der Waals surface area contributed by atoms with Crippen molar-refractivity contribution in [2.24, 2.45) is 5.41 Å². The number of nitrogens with zero attached hydrogens (tertiary/aromatic N) is 1. The number of ether oxygens (including phenoxy) is 1. The van der Waals surface area contributed by atoms with E-state index in [9.17, 15) is 0 Å². The second-order valence-electron chi connectivity index (χ2n) is 7.10. The first-order valence-corrected chi connectivity index (χ1v) is 6.52. The van der Waals surface area contributed by atoms with Crippen LogP contribution in [-0.4, -0.2) is 35.7 Å². The van der Waals surface area contributed by atoms with E-state index in [-0.39, 0.29) is 11.0 Å². The molecule has 1 saturated heterocycles. The summed E-state index contributed by atoms with van der Waals surface area (Å²) in [5, 5.41) is 0. The van der Waals surface area contributed by atoms with E-state index < -0.39 is 0 Å². The Morgan fingerprint density at radius 1 is 1.06 bits per heavy atom. The lowest BCUT2D eigenvalue weighted by atomic mass is 9.80. The second kappa shape index (κ2) is 4.66. The van der Waals surface area contributed by atoms with Crippen molar-refractivity contribution in [1.29, 1.82) is 0 Å². The average molecular weight is 227 g/mol. The summed E-state index contributed by atoms with van der Waals surface area (Å²) in [6.45, 7) is 18.2. The third-order valence-corrected chi connectivity index (χ3v) is 3.45. The summed E-state index contributed by atoms with van der Waals surface area (Å²) in [5.41, 5.74) is 0.483. The van der Waals surface area contributed by atoms with Crippen LogP contribution in [0.3, 0.4) is 0 Å². The molecule has 0 radical (unpaired) electrons. The van der Waals surface area contributed by atoms with Crippen LogP contribution in [-0.2, 0) is 4.74 Å². The zero-order valence-electron chi connectivity index (χ0n) is 12.1. The Labute approximate surface area is 101 Å². The van der Waals surface area contributed by atoms with Crippen molar-refractivity contribution in [3.05, 3.63) is 0 Å². The second-order valence-corrected chi connectivity index (χ2v) is 7.10. The van der Waals surface area contributed by atoms with Crippen LogP contribution in [0.1, 0.15) is 54.9 Å². The SMILES string of the molecule is CC1OCCCN(C(C)(C)C)[C@H]1C(C)(C)C. The zero-order chi connectivity index (χ0) is 12.6. The van der Waals surface area contributed by atoms with Crippen LogP contribution in [0, 0.1) is 5.41 Å².